The molecule has 1 unspecified atom stereocenters. The minimum absolute atomic E-state index is 0.120. The number of carbonyl (C=O) groups is 1. The van der Waals surface area contributed by atoms with Crippen molar-refractivity contribution in [1.82, 2.24) is 0 Å². The summed E-state index contributed by atoms with van der Waals surface area (Å²) in [5, 5.41) is 8.76. The lowest BCUT2D eigenvalue weighted by molar-refractivity contribution is -0.138. The average molecular weight is 279 g/mol. The SMILES string of the molecule is CCOC(=O)/C(=C/CPCO)N=Cc1ccccc1. The van der Waals surface area contributed by atoms with Gasteiger partial charge in [-0.3, -0.25) is 0 Å². The van der Waals surface area contributed by atoms with Crippen LogP contribution >= 0.6 is 8.58 Å². The highest BCUT2D eigenvalue weighted by Gasteiger charge is 2.07. The van der Waals surface area contributed by atoms with E-state index >= 15 is 0 Å². The summed E-state index contributed by atoms with van der Waals surface area (Å²) in [5.41, 5.74) is 1.20. The number of allylic oxidation sites excluding steroid dienone is 1. The third kappa shape index (κ3) is 6.27. The van der Waals surface area contributed by atoms with Crippen molar-refractivity contribution in [3.8, 4) is 0 Å². The van der Waals surface area contributed by atoms with Gasteiger partial charge in [-0.05, 0) is 24.7 Å². The lowest BCUT2D eigenvalue weighted by Gasteiger charge is -2.02. The van der Waals surface area contributed by atoms with Gasteiger partial charge < -0.3 is 9.84 Å². The zero-order valence-corrected chi connectivity index (χ0v) is 11.9. The summed E-state index contributed by atoms with van der Waals surface area (Å²) < 4.78 is 4.94. The maximum absolute atomic E-state index is 11.7. The predicted octanol–water partition coefficient (Wildman–Crippen LogP) is 2.18. The number of hydrogen-bond donors (Lipinski definition) is 1. The molecule has 102 valence electrons. The van der Waals surface area contributed by atoms with Crippen molar-refractivity contribution in [1.29, 1.82) is 0 Å². The van der Waals surface area contributed by atoms with E-state index in [-0.39, 0.29) is 12.0 Å². The topological polar surface area (TPSA) is 58.9 Å². The monoisotopic (exact) mass is 279 g/mol. The highest BCUT2D eigenvalue weighted by Crippen LogP contribution is 2.10. The first-order chi connectivity index (χ1) is 9.27. The first kappa shape index (κ1) is 15.5. The van der Waals surface area contributed by atoms with Crippen LogP contribution < -0.4 is 0 Å². The van der Waals surface area contributed by atoms with E-state index in [1.165, 1.54) is 0 Å². The van der Waals surface area contributed by atoms with E-state index in [0.29, 0.717) is 21.3 Å². The summed E-state index contributed by atoms with van der Waals surface area (Å²) in [7, 11) is 0.371. The minimum Gasteiger partial charge on any atom is -0.461 e. The van der Waals surface area contributed by atoms with Gasteiger partial charge >= 0.3 is 5.97 Å². The standard InChI is InChI=1S/C14H18NO3P/c1-2-18-14(17)13(8-9-19-11-16)15-10-12-6-4-3-5-7-12/h3-8,10,16,19H,2,9,11H2,1H3/b13-8-,15-10?. The van der Waals surface area contributed by atoms with Crippen molar-refractivity contribution < 1.29 is 14.6 Å². The van der Waals surface area contributed by atoms with E-state index < -0.39 is 5.97 Å². The average Bonchev–Trinajstić information content (AvgIpc) is 2.44. The van der Waals surface area contributed by atoms with E-state index in [4.69, 9.17) is 9.84 Å². The molecular formula is C14H18NO3P. The summed E-state index contributed by atoms with van der Waals surface area (Å²) in [6, 6.07) is 9.54. The normalized spacial score (nSPS) is 12.4. The maximum atomic E-state index is 11.7. The Labute approximate surface area is 115 Å². The number of aliphatic hydroxyl groups is 1. The Kier molecular flexibility index (Phi) is 7.71. The van der Waals surface area contributed by atoms with E-state index in [9.17, 15) is 4.79 Å². The zero-order chi connectivity index (χ0) is 13.9. The molecule has 0 bridgehead atoms. The van der Waals surface area contributed by atoms with Gasteiger partial charge in [-0.15, -0.1) is 0 Å². The van der Waals surface area contributed by atoms with Gasteiger partial charge in [0.25, 0.3) is 0 Å². The van der Waals surface area contributed by atoms with E-state index in [2.05, 4.69) is 4.99 Å². The Morgan fingerprint density at radius 3 is 2.79 bits per heavy atom. The molecule has 0 amide bonds. The molecule has 4 nitrogen and oxygen atoms in total. The smallest absolute Gasteiger partial charge is 0.356 e. The molecule has 19 heavy (non-hydrogen) atoms. The summed E-state index contributed by atoms with van der Waals surface area (Å²) in [6.07, 6.45) is 4.07. The Balaban J connectivity index is 2.76. The number of nitrogens with zero attached hydrogens (tertiary/aromatic N) is 1. The zero-order valence-electron chi connectivity index (χ0n) is 10.9. The summed E-state index contributed by atoms with van der Waals surface area (Å²) in [5.74, 6) is -0.433. The molecular weight excluding hydrogens is 261 g/mol. The van der Waals surface area contributed by atoms with Crippen LogP contribution in [0.25, 0.3) is 0 Å². The van der Waals surface area contributed by atoms with Gasteiger partial charge in [0.2, 0.25) is 0 Å². The molecule has 0 heterocycles. The second-order valence-electron chi connectivity index (χ2n) is 3.59. The quantitative estimate of drug-likeness (QED) is 0.273. The number of aliphatic imine (C=N–C) groups is 1. The van der Waals surface area contributed by atoms with Gasteiger partial charge in [-0.1, -0.05) is 38.9 Å². The molecule has 0 spiro atoms. The van der Waals surface area contributed by atoms with Crippen LogP contribution in [-0.2, 0) is 9.53 Å². The van der Waals surface area contributed by atoms with E-state index in [0.717, 1.165) is 5.56 Å². The number of benzene rings is 1. The number of ether oxygens (including phenoxy) is 1. The number of esters is 1. The second-order valence-corrected chi connectivity index (χ2v) is 4.82. The van der Waals surface area contributed by atoms with Crippen molar-refractivity contribution in [2.24, 2.45) is 4.99 Å². The molecule has 0 saturated heterocycles. The van der Waals surface area contributed by atoms with Crippen molar-refractivity contribution >= 4 is 20.8 Å². The Morgan fingerprint density at radius 1 is 1.42 bits per heavy atom. The lowest BCUT2D eigenvalue weighted by Crippen LogP contribution is -2.06. The third-order valence-corrected chi connectivity index (χ3v) is 2.90. The molecule has 1 rings (SSSR count). The van der Waals surface area contributed by atoms with E-state index in [1.54, 1.807) is 19.2 Å². The first-order valence-corrected chi connectivity index (χ1v) is 7.47. The van der Waals surface area contributed by atoms with Crippen LogP contribution in [0.2, 0.25) is 0 Å². The fourth-order valence-electron chi connectivity index (χ4n) is 1.31. The minimum atomic E-state index is -0.433. The molecule has 1 N–H and O–H groups in total. The molecule has 0 radical (unpaired) electrons. The van der Waals surface area contributed by atoms with Crippen LogP contribution in [0.15, 0.2) is 47.1 Å². The van der Waals surface area contributed by atoms with Crippen LogP contribution in [0.4, 0.5) is 0 Å². The van der Waals surface area contributed by atoms with E-state index in [1.807, 2.05) is 30.3 Å². The molecule has 1 aromatic rings. The Morgan fingerprint density at radius 2 is 2.16 bits per heavy atom. The van der Waals surface area contributed by atoms with Crippen molar-refractivity contribution in [2.45, 2.75) is 6.92 Å². The Hall–Kier alpha value is -1.51. The summed E-state index contributed by atoms with van der Waals surface area (Å²) in [4.78, 5) is 15.9. The largest absolute Gasteiger partial charge is 0.461 e. The number of rotatable bonds is 7. The third-order valence-electron chi connectivity index (χ3n) is 2.19. The van der Waals surface area contributed by atoms with Gasteiger partial charge in [0.1, 0.15) is 5.70 Å². The molecule has 0 aromatic heterocycles. The number of hydrogen-bond acceptors (Lipinski definition) is 4. The molecule has 0 saturated carbocycles. The Bertz CT molecular complexity index is 443. The van der Waals surface area contributed by atoms with Crippen LogP contribution in [0.1, 0.15) is 12.5 Å². The predicted molar refractivity (Wildman–Crippen MR) is 79.0 cm³/mol. The van der Waals surface area contributed by atoms with Gasteiger partial charge in [0.05, 0.1) is 13.0 Å². The molecule has 1 aromatic carbocycles. The first-order valence-electron chi connectivity index (χ1n) is 6.06. The van der Waals surface area contributed by atoms with Gasteiger partial charge in [-0.25, -0.2) is 9.79 Å². The molecule has 0 aliphatic rings. The van der Waals surface area contributed by atoms with Gasteiger partial charge in [0, 0.05) is 6.21 Å². The van der Waals surface area contributed by atoms with Gasteiger partial charge in [0.15, 0.2) is 0 Å². The molecule has 5 heteroatoms. The van der Waals surface area contributed by atoms with Crippen molar-refractivity contribution in [2.75, 3.05) is 19.1 Å². The fourth-order valence-corrected chi connectivity index (χ4v) is 1.78. The van der Waals surface area contributed by atoms with Crippen LogP contribution in [0.3, 0.4) is 0 Å². The highest BCUT2D eigenvalue weighted by molar-refractivity contribution is 7.37. The molecule has 0 fully saturated rings. The van der Waals surface area contributed by atoms with Crippen LogP contribution in [-0.4, -0.2) is 36.4 Å². The molecule has 0 aliphatic carbocycles. The van der Waals surface area contributed by atoms with Crippen molar-refractivity contribution in [3.63, 3.8) is 0 Å². The molecule has 1 atom stereocenters. The number of aliphatic hydroxyl groups excluding tert-OH is 1. The van der Waals surface area contributed by atoms with Crippen molar-refractivity contribution in [3.05, 3.63) is 47.7 Å². The van der Waals surface area contributed by atoms with Crippen LogP contribution in [0.5, 0.6) is 0 Å². The van der Waals surface area contributed by atoms with Gasteiger partial charge in [-0.2, -0.15) is 0 Å². The summed E-state index contributed by atoms with van der Waals surface area (Å²) in [6.45, 7) is 2.07. The number of carbonyl (C=O) groups excluding carboxylic acids is 1. The second kappa shape index (κ2) is 9.42. The molecule has 0 aliphatic heterocycles. The van der Waals surface area contributed by atoms with Crippen LogP contribution in [0, 0.1) is 0 Å². The fraction of sp³-hybridized carbons (Fsp3) is 0.286. The summed E-state index contributed by atoms with van der Waals surface area (Å²) >= 11 is 0. The highest BCUT2D eigenvalue weighted by atomic mass is 31.1. The maximum Gasteiger partial charge on any atom is 0.356 e. The lowest BCUT2D eigenvalue weighted by atomic mass is 10.2.